The van der Waals surface area contributed by atoms with E-state index in [0.29, 0.717) is 24.5 Å². The van der Waals surface area contributed by atoms with Gasteiger partial charge in [-0.05, 0) is 75.4 Å². The van der Waals surface area contributed by atoms with Gasteiger partial charge in [0, 0.05) is 55.7 Å². The van der Waals surface area contributed by atoms with E-state index in [9.17, 15) is 4.79 Å². The number of aryl methyl sites for hydroxylation is 1. The fourth-order valence-electron chi connectivity index (χ4n) is 6.15. The average molecular weight is 490 g/mol. The molecule has 0 spiro atoms. The summed E-state index contributed by atoms with van der Waals surface area (Å²) in [7, 11) is 0. The number of likely N-dealkylation sites (tertiary alicyclic amines) is 2. The van der Waals surface area contributed by atoms with E-state index in [1.165, 1.54) is 11.6 Å². The second kappa shape index (κ2) is 9.82. The Kier molecular flexibility index (Phi) is 6.39. The highest BCUT2D eigenvalue weighted by Crippen LogP contribution is 2.41. The average Bonchev–Trinajstić information content (AvgIpc) is 3.08. The Hall–Kier alpha value is -2.97. The number of pyridine rings is 2. The summed E-state index contributed by atoms with van der Waals surface area (Å²) in [5.74, 6) is 2.67. The van der Waals surface area contributed by atoms with E-state index in [-0.39, 0.29) is 5.91 Å². The Labute approximate surface area is 212 Å². The Morgan fingerprint density at radius 1 is 1.17 bits per heavy atom. The number of anilines is 2. The highest BCUT2D eigenvalue weighted by Gasteiger charge is 2.36. The van der Waals surface area contributed by atoms with Crippen molar-refractivity contribution in [3.05, 3.63) is 53.5 Å². The second-order valence-corrected chi connectivity index (χ2v) is 10.4. The van der Waals surface area contributed by atoms with Crippen LogP contribution in [0, 0.1) is 6.92 Å². The van der Waals surface area contributed by atoms with Crippen LogP contribution in [0.25, 0.3) is 0 Å². The lowest BCUT2D eigenvalue weighted by Gasteiger charge is -2.47. The van der Waals surface area contributed by atoms with Crippen LogP contribution in [0.2, 0.25) is 0 Å². The highest BCUT2D eigenvalue weighted by atomic mass is 16.5. The van der Waals surface area contributed by atoms with Gasteiger partial charge >= 0.3 is 0 Å². The second-order valence-electron chi connectivity index (χ2n) is 10.4. The molecule has 190 valence electrons. The van der Waals surface area contributed by atoms with E-state index in [1.807, 2.05) is 18.0 Å². The zero-order valence-corrected chi connectivity index (χ0v) is 21.0. The van der Waals surface area contributed by atoms with Crippen molar-refractivity contribution in [3.8, 4) is 5.75 Å². The van der Waals surface area contributed by atoms with E-state index in [0.717, 1.165) is 99.3 Å². The molecule has 36 heavy (non-hydrogen) atoms. The molecular weight excluding hydrogens is 454 g/mol. The van der Waals surface area contributed by atoms with Crippen molar-refractivity contribution in [1.82, 2.24) is 19.8 Å². The lowest BCUT2D eigenvalue weighted by Crippen LogP contribution is -2.61. The molecule has 4 aliphatic rings. The monoisotopic (exact) mass is 489 g/mol. The fraction of sp³-hybridized carbons (Fsp3) is 0.536. The van der Waals surface area contributed by atoms with E-state index >= 15 is 0 Å². The molecule has 6 heterocycles. The van der Waals surface area contributed by atoms with Crippen molar-refractivity contribution < 1.29 is 14.3 Å². The smallest absolute Gasteiger partial charge is 0.246 e. The van der Waals surface area contributed by atoms with Gasteiger partial charge in [0.05, 0.1) is 11.4 Å². The molecular formula is C28H35N5O3. The highest BCUT2D eigenvalue weighted by molar-refractivity contribution is 5.87. The van der Waals surface area contributed by atoms with Crippen LogP contribution in [0.1, 0.15) is 60.0 Å². The number of ether oxygens (including phenoxy) is 2. The Bertz CT molecular complexity index is 1150. The summed E-state index contributed by atoms with van der Waals surface area (Å²) in [5, 5.41) is 3.61. The van der Waals surface area contributed by atoms with E-state index in [2.05, 4.69) is 28.9 Å². The van der Waals surface area contributed by atoms with Crippen LogP contribution in [0.4, 0.5) is 11.5 Å². The van der Waals surface area contributed by atoms with Gasteiger partial charge < -0.3 is 19.7 Å². The lowest BCUT2D eigenvalue weighted by atomic mass is 9.89. The molecule has 8 nitrogen and oxygen atoms in total. The number of carbonyl (C=O) groups excluding carboxylic acids is 1. The van der Waals surface area contributed by atoms with Crippen LogP contribution in [0.3, 0.4) is 0 Å². The fourth-order valence-corrected chi connectivity index (χ4v) is 6.15. The lowest BCUT2D eigenvalue weighted by molar-refractivity contribution is -0.133. The molecule has 1 N–H and O–H groups in total. The predicted octanol–water partition coefficient (Wildman–Crippen LogP) is 3.89. The van der Waals surface area contributed by atoms with Crippen LogP contribution in [-0.2, 0) is 16.1 Å². The summed E-state index contributed by atoms with van der Waals surface area (Å²) in [6, 6.07) is 4.79. The first kappa shape index (κ1) is 23.4. The molecule has 0 unspecified atom stereocenters. The van der Waals surface area contributed by atoms with Gasteiger partial charge in [0.15, 0.2) is 5.75 Å². The zero-order chi connectivity index (χ0) is 24.6. The third-order valence-electron chi connectivity index (χ3n) is 8.34. The minimum absolute atomic E-state index is 0.0384. The largest absolute Gasteiger partial charge is 0.485 e. The van der Waals surface area contributed by atoms with Gasteiger partial charge in [-0.3, -0.25) is 14.7 Å². The van der Waals surface area contributed by atoms with Crippen LogP contribution >= 0.6 is 0 Å². The summed E-state index contributed by atoms with van der Waals surface area (Å²) >= 11 is 0. The van der Waals surface area contributed by atoms with Crippen LogP contribution in [-0.4, -0.2) is 71.1 Å². The molecule has 0 radical (unpaired) electrons. The molecule has 2 aromatic heterocycles. The van der Waals surface area contributed by atoms with Crippen molar-refractivity contribution in [3.63, 3.8) is 0 Å². The number of aromatic nitrogens is 2. The molecule has 3 saturated heterocycles. The number of rotatable bonds is 4. The van der Waals surface area contributed by atoms with Crippen molar-refractivity contribution in [2.45, 2.75) is 57.1 Å². The van der Waals surface area contributed by atoms with Gasteiger partial charge in [0.2, 0.25) is 5.91 Å². The van der Waals surface area contributed by atoms with Crippen LogP contribution < -0.4 is 10.1 Å². The number of hydrogen-bond acceptors (Lipinski definition) is 7. The number of hydrogen-bond donors (Lipinski definition) is 1. The molecule has 1 amide bonds. The molecule has 6 rings (SSSR count). The SMILES string of the molecule is C=CC(=O)N1CC(N2CCC(c3cc4c(c(C)n3)OCc3c(C5CCOCC5)ccnc3N4)CC2)C1. The Morgan fingerprint density at radius 2 is 1.94 bits per heavy atom. The molecule has 2 aromatic rings. The van der Waals surface area contributed by atoms with E-state index in [4.69, 9.17) is 19.4 Å². The third kappa shape index (κ3) is 4.37. The number of amides is 1. The van der Waals surface area contributed by atoms with Gasteiger partial charge in [-0.1, -0.05) is 6.58 Å². The van der Waals surface area contributed by atoms with Crippen molar-refractivity contribution in [1.29, 1.82) is 0 Å². The number of carbonyl (C=O) groups is 1. The van der Waals surface area contributed by atoms with E-state index < -0.39 is 0 Å². The van der Waals surface area contributed by atoms with Gasteiger partial charge in [-0.25, -0.2) is 4.98 Å². The summed E-state index contributed by atoms with van der Waals surface area (Å²) in [6.45, 7) is 11.5. The van der Waals surface area contributed by atoms with Gasteiger partial charge in [0.1, 0.15) is 12.4 Å². The first-order valence-corrected chi connectivity index (χ1v) is 13.2. The molecule has 0 atom stereocenters. The molecule has 0 aliphatic carbocycles. The molecule has 4 aliphatic heterocycles. The summed E-state index contributed by atoms with van der Waals surface area (Å²) < 4.78 is 11.9. The normalized spacial score (nSPS) is 21.4. The summed E-state index contributed by atoms with van der Waals surface area (Å²) in [4.78, 5) is 25.8. The maximum Gasteiger partial charge on any atom is 0.246 e. The Balaban J connectivity index is 1.16. The van der Waals surface area contributed by atoms with Crippen molar-refractivity contribution >= 4 is 17.4 Å². The summed E-state index contributed by atoms with van der Waals surface area (Å²) in [6.07, 6.45) is 7.54. The standard InChI is InChI=1S/C28H35N5O3/c1-3-26(34)33-15-21(16-33)32-10-5-20(6-11-32)24-14-25-27(18(2)30-24)36-17-23-22(4-9-29-28(23)31-25)19-7-12-35-13-8-19/h3-4,9,14,19-21H,1,5-8,10-13,15-17H2,2H3,(H,29,31). The number of nitrogens with zero attached hydrogens (tertiary/aromatic N) is 4. The molecule has 3 fully saturated rings. The van der Waals surface area contributed by atoms with Crippen LogP contribution in [0.15, 0.2) is 31.0 Å². The van der Waals surface area contributed by atoms with Gasteiger partial charge in [0.25, 0.3) is 0 Å². The molecule has 0 aromatic carbocycles. The minimum atomic E-state index is 0.0384. The topological polar surface area (TPSA) is 79.8 Å². The van der Waals surface area contributed by atoms with E-state index in [1.54, 1.807) is 0 Å². The van der Waals surface area contributed by atoms with Crippen LogP contribution in [0.5, 0.6) is 5.75 Å². The quantitative estimate of drug-likeness (QED) is 0.653. The minimum Gasteiger partial charge on any atom is -0.485 e. The molecule has 8 heteroatoms. The Morgan fingerprint density at radius 3 is 2.69 bits per heavy atom. The number of piperidine rings is 1. The van der Waals surface area contributed by atoms with Gasteiger partial charge in [-0.15, -0.1) is 0 Å². The van der Waals surface area contributed by atoms with Crippen molar-refractivity contribution in [2.24, 2.45) is 0 Å². The third-order valence-corrected chi connectivity index (χ3v) is 8.34. The molecule has 0 bridgehead atoms. The zero-order valence-electron chi connectivity index (χ0n) is 21.0. The number of fused-ring (bicyclic) bond motifs is 2. The predicted molar refractivity (Wildman–Crippen MR) is 138 cm³/mol. The first-order valence-electron chi connectivity index (χ1n) is 13.2. The number of nitrogens with one attached hydrogen (secondary N) is 1. The van der Waals surface area contributed by atoms with Crippen molar-refractivity contribution in [2.75, 3.05) is 44.7 Å². The summed E-state index contributed by atoms with van der Waals surface area (Å²) in [5.41, 5.74) is 5.50. The molecule has 0 saturated carbocycles. The first-order chi connectivity index (χ1) is 17.6. The maximum atomic E-state index is 11.8. The maximum absolute atomic E-state index is 11.8. The van der Waals surface area contributed by atoms with Gasteiger partial charge in [-0.2, -0.15) is 0 Å².